The normalized spacial score (nSPS) is 22.3. The van der Waals surface area contributed by atoms with Crippen LogP contribution in [-0.2, 0) is 0 Å². The highest BCUT2D eigenvalue weighted by molar-refractivity contribution is 5.44. The third-order valence-electron chi connectivity index (χ3n) is 2.91. The lowest BCUT2D eigenvalue weighted by Crippen LogP contribution is -2.34. The Hall–Kier alpha value is -1.73. The van der Waals surface area contributed by atoms with Gasteiger partial charge in [-0.15, -0.1) is 0 Å². The number of benzene rings is 1. The molecule has 1 aromatic rings. The third kappa shape index (κ3) is 2.57. The van der Waals surface area contributed by atoms with E-state index in [0.717, 1.165) is 5.56 Å². The van der Waals surface area contributed by atoms with E-state index < -0.39 is 17.8 Å². The molecule has 4 heteroatoms. The van der Waals surface area contributed by atoms with Gasteiger partial charge >= 0.3 is 0 Å². The van der Waals surface area contributed by atoms with Gasteiger partial charge in [-0.25, -0.2) is 0 Å². The number of hydrogen-bond donors (Lipinski definition) is 1. The van der Waals surface area contributed by atoms with Gasteiger partial charge in [0.1, 0.15) is 23.2 Å². The van der Waals surface area contributed by atoms with Gasteiger partial charge in [-0.2, -0.15) is 5.26 Å². The average Bonchev–Trinajstić information content (AvgIpc) is 2.26. The minimum absolute atomic E-state index is 0.397. The fourth-order valence-electron chi connectivity index (χ4n) is 2.10. The lowest BCUT2D eigenvalue weighted by atomic mass is 9.92. The Labute approximate surface area is 107 Å². The average molecular weight is 247 g/mol. The lowest BCUT2D eigenvalue weighted by molar-refractivity contribution is 0.0113. The van der Waals surface area contributed by atoms with Gasteiger partial charge in [-0.3, -0.25) is 0 Å². The molecule has 1 aliphatic rings. The van der Waals surface area contributed by atoms with Crippen LogP contribution in [0.1, 0.15) is 38.9 Å². The first-order chi connectivity index (χ1) is 8.41. The Kier molecular flexibility index (Phi) is 3.18. The molecule has 1 N–H and O–H groups in total. The van der Waals surface area contributed by atoms with E-state index in [1.165, 1.54) is 0 Å². The topological polar surface area (TPSA) is 62.5 Å². The number of nitrogens with zero attached hydrogens (tertiary/aromatic N) is 1. The SMILES string of the molecule is CC(C#N)Oc1ccc2c(c1)OC(C)(C)CC2O. The van der Waals surface area contributed by atoms with Crippen LogP contribution in [0.15, 0.2) is 18.2 Å². The molecule has 0 saturated carbocycles. The van der Waals surface area contributed by atoms with Crippen molar-refractivity contribution in [3.63, 3.8) is 0 Å². The molecule has 0 fully saturated rings. The molecule has 4 nitrogen and oxygen atoms in total. The Morgan fingerprint density at radius 2 is 2.28 bits per heavy atom. The fraction of sp³-hybridized carbons (Fsp3) is 0.500. The standard InChI is InChI=1S/C14H17NO3/c1-9(8-15)17-10-4-5-11-12(16)7-14(2,3)18-13(11)6-10/h4-6,9,12,16H,7H2,1-3H3. The largest absolute Gasteiger partial charge is 0.487 e. The van der Waals surface area contributed by atoms with E-state index in [-0.39, 0.29) is 0 Å². The summed E-state index contributed by atoms with van der Waals surface area (Å²) in [5, 5.41) is 18.8. The number of fused-ring (bicyclic) bond motifs is 1. The van der Waals surface area contributed by atoms with E-state index >= 15 is 0 Å². The van der Waals surface area contributed by atoms with Crippen molar-refractivity contribution >= 4 is 0 Å². The first kappa shape index (κ1) is 12.7. The van der Waals surface area contributed by atoms with Crippen LogP contribution in [-0.4, -0.2) is 16.8 Å². The van der Waals surface area contributed by atoms with E-state index in [1.54, 1.807) is 25.1 Å². The molecule has 1 aromatic carbocycles. The van der Waals surface area contributed by atoms with Gasteiger partial charge in [0.15, 0.2) is 6.10 Å². The molecule has 1 aliphatic heterocycles. The van der Waals surface area contributed by atoms with Crippen LogP contribution in [0.3, 0.4) is 0 Å². The van der Waals surface area contributed by atoms with Gasteiger partial charge < -0.3 is 14.6 Å². The van der Waals surface area contributed by atoms with Crippen molar-refractivity contribution in [1.82, 2.24) is 0 Å². The molecule has 0 bridgehead atoms. The maximum atomic E-state index is 10.0. The van der Waals surface area contributed by atoms with Gasteiger partial charge in [-0.1, -0.05) is 0 Å². The maximum absolute atomic E-state index is 10.0. The highest BCUT2D eigenvalue weighted by atomic mass is 16.5. The molecule has 2 atom stereocenters. The summed E-state index contributed by atoms with van der Waals surface area (Å²) in [4.78, 5) is 0. The molecular weight excluding hydrogens is 230 g/mol. The number of ether oxygens (including phenoxy) is 2. The molecule has 2 rings (SSSR count). The third-order valence-corrected chi connectivity index (χ3v) is 2.91. The first-order valence-electron chi connectivity index (χ1n) is 5.98. The summed E-state index contributed by atoms with van der Waals surface area (Å²) in [5.41, 5.74) is 0.373. The fourth-order valence-corrected chi connectivity index (χ4v) is 2.10. The number of aliphatic hydroxyl groups is 1. The van der Waals surface area contributed by atoms with E-state index in [9.17, 15) is 5.11 Å². The van der Waals surface area contributed by atoms with Crippen LogP contribution in [0.2, 0.25) is 0 Å². The van der Waals surface area contributed by atoms with Gasteiger partial charge in [0, 0.05) is 18.1 Å². The predicted octanol–water partition coefficient (Wildman–Crippen LogP) is 2.57. The number of aliphatic hydroxyl groups excluding tert-OH is 1. The van der Waals surface area contributed by atoms with Crippen molar-refractivity contribution in [2.45, 2.75) is 45.0 Å². The monoisotopic (exact) mass is 247 g/mol. The molecule has 0 radical (unpaired) electrons. The van der Waals surface area contributed by atoms with Crippen LogP contribution < -0.4 is 9.47 Å². The molecule has 1 heterocycles. The predicted molar refractivity (Wildman–Crippen MR) is 66.4 cm³/mol. The van der Waals surface area contributed by atoms with Crippen molar-refractivity contribution in [2.75, 3.05) is 0 Å². The zero-order valence-corrected chi connectivity index (χ0v) is 10.8. The number of nitriles is 1. The first-order valence-corrected chi connectivity index (χ1v) is 5.98. The summed E-state index contributed by atoms with van der Waals surface area (Å²) in [5.74, 6) is 1.20. The Bertz CT molecular complexity index is 490. The maximum Gasteiger partial charge on any atom is 0.181 e. The summed E-state index contributed by atoms with van der Waals surface area (Å²) in [6.07, 6.45) is -0.467. The quantitative estimate of drug-likeness (QED) is 0.872. The second-order valence-corrected chi connectivity index (χ2v) is 5.17. The Balaban J connectivity index is 2.29. The van der Waals surface area contributed by atoms with Gasteiger partial charge in [0.2, 0.25) is 0 Å². The molecular formula is C14H17NO3. The molecule has 0 aromatic heterocycles. The van der Waals surface area contributed by atoms with Crippen LogP contribution in [0.5, 0.6) is 11.5 Å². The second kappa shape index (κ2) is 4.51. The summed E-state index contributed by atoms with van der Waals surface area (Å²) in [6.45, 7) is 5.55. The minimum atomic E-state index is -0.522. The summed E-state index contributed by atoms with van der Waals surface area (Å²) in [6, 6.07) is 7.27. The highest BCUT2D eigenvalue weighted by Gasteiger charge is 2.32. The van der Waals surface area contributed by atoms with Gasteiger partial charge in [0.05, 0.1) is 6.10 Å². The van der Waals surface area contributed by atoms with Crippen molar-refractivity contribution in [3.05, 3.63) is 23.8 Å². The van der Waals surface area contributed by atoms with Crippen LogP contribution in [0.25, 0.3) is 0 Å². The molecule has 0 saturated heterocycles. The van der Waals surface area contributed by atoms with E-state index in [4.69, 9.17) is 14.7 Å². The Morgan fingerprint density at radius 1 is 1.56 bits per heavy atom. The van der Waals surface area contributed by atoms with Crippen molar-refractivity contribution in [2.24, 2.45) is 0 Å². The number of hydrogen-bond acceptors (Lipinski definition) is 4. The molecule has 18 heavy (non-hydrogen) atoms. The molecule has 96 valence electrons. The number of rotatable bonds is 2. The van der Waals surface area contributed by atoms with Crippen LogP contribution in [0, 0.1) is 11.3 Å². The molecule has 2 unspecified atom stereocenters. The zero-order valence-electron chi connectivity index (χ0n) is 10.8. The summed E-state index contributed by atoms with van der Waals surface area (Å²) in [7, 11) is 0. The smallest absolute Gasteiger partial charge is 0.181 e. The molecule has 0 spiro atoms. The lowest BCUT2D eigenvalue weighted by Gasteiger charge is -2.35. The van der Waals surface area contributed by atoms with Crippen LogP contribution >= 0.6 is 0 Å². The zero-order chi connectivity index (χ0) is 13.3. The van der Waals surface area contributed by atoms with Gasteiger partial charge in [0.25, 0.3) is 0 Å². The van der Waals surface area contributed by atoms with Gasteiger partial charge in [-0.05, 0) is 32.9 Å². The molecule has 0 amide bonds. The van der Waals surface area contributed by atoms with E-state index in [1.807, 2.05) is 19.9 Å². The van der Waals surface area contributed by atoms with Crippen molar-refractivity contribution in [1.29, 1.82) is 5.26 Å². The van der Waals surface area contributed by atoms with Crippen LogP contribution in [0.4, 0.5) is 0 Å². The van der Waals surface area contributed by atoms with Crippen molar-refractivity contribution in [3.8, 4) is 17.6 Å². The van der Waals surface area contributed by atoms with E-state index in [2.05, 4.69) is 0 Å². The second-order valence-electron chi connectivity index (χ2n) is 5.17. The van der Waals surface area contributed by atoms with E-state index in [0.29, 0.717) is 17.9 Å². The van der Waals surface area contributed by atoms with Crippen molar-refractivity contribution < 1.29 is 14.6 Å². The summed E-state index contributed by atoms with van der Waals surface area (Å²) < 4.78 is 11.2. The highest BCUT2D eigenvalue weighted by Crippen LogP contribution is 2.41. The molecule has 0 aliphatic carbocycles. The Morgan fingerprint density at radius 3 is 2.94 bits per heavy atom. The summed E-state index contributed by atoms with van der Waals surface area (Å²) >= 11 is 0. The minimum Gasteiger partial charge on any atom is -0.487 e.